The molecule has 1 rings (SSSR count). The first-order valence-electron chi connectivity index (χ1n) is 3.56. The van der Waals surface area contributed by atoms with Crippen LogP contribution >= 0.6 is 0 Å². The summed E-state index contributed by atoms with van der Waals surface area (Å²) in [6, 6.07) is 0. The summed E-state index contributed by atoms with van der Waals surface area (Å²) in [5, 5.41) is 3.98. The van der Waals surface area contributed by atoms with Crippen molar-refractivity contribution in [3.63, 3.8) is 0 Å². The average Bonchev–Trinajstić information content (AvgIpc) is 2.33. The standard InChI is InChI=1S/C6H13N5O/c1-12-6-4(8)5(9)11(10-6)3-2-7/h2-3,7-9H2,1H3. The summed E-state index contributed by atoms with van der Waals surface area (Å²) in [6.45, 7) is 1.01. The smallest absolute Gasteiger partial charge is 0.258 e. The fourth-order valence-corrected chi connectivity index (χ4v) is 0.909. The van der Waals surface area contributed by atoms with Crippen LogP contribution in [-0.2, 0) is 6.54 Å². The molecule has 6 N–H and O–H groups in total. The molecule has 0 bridgehead atoms. The van der Waals surface area contributed by atoms with Gasteiger partial charge in [-0.2, -0.15) is 0 Å². The highest BCUT2D eigenvalue weighted by Gasteiger charge is 2.11. The molecule has 0 saturated heterocycles. The molecule has 68 valence electrons. The zero-order valence-electron chi connectivity index (χ0n) is 6.95. The molecule has 6 heteroatoms. The summed E-state index contributed by atoms with van der Waals surface area (Å²) in [5.41, 5.74) is 16.9. The van der Waals surface area contributed by atoms with Crippen LogP contribution < -0.4 is 21.9 Å². The number of nitrogens with zero attached hydrogens (tertiary/aromatic N) is 2. The van der Waals surface area contributed by atoms with Crippen LogP contribution in [0.1, 0.15) is 0 Å². The highest BCUT2D eigenvalue weighted by atomic mass is 16.5. The molecule has 0 atom stereocenters. The molecule has 6 nitrogen and oxygen atoms in total. The Hall–Kier alpha value is -1.43. The number of hydrogen-bond acceptors (Lipinski definition) is 5. The molecule has 0 amide bonds. The molecule has 0 spiro atoms. The molecule has 0 radical (unpaired) electrons. The fourth-order valence-electron chi connectivity index (χ4n) is 0.909. The predicted octanol–water partition coefficient (Wildman–Crippen LogP) is -0.985. The summed E-state index contributed by atoms with van der Waals surface area (Å²) in [6.07, 6.45) is 0. The summed E-state index contributed by atoms with van der Waals surface area (Å²) in [7, 11) is 1.49. The van der Waals surface area contributed by atoms with Gasteiger partial charge in [-0.25, -0.2) is 4.68 Å². The minimum Gasteiger partial charge on any atom is -0.478 e. The van der Waals surface area contributed by atoms with Crippen molar-refractivity contribution in [2.24, 2.45) is 5.73 Å². The van der Waals surface area contributed by atoms with Gasteiger partial charge in [0.1, 0.15) is 11.5 Å². The number of hydrogen-bond donors (Lipinski definition) is 3. The van der Waals surface area contributed by atoms with E-state index in [1.54, 1.807) is 0 Å². The van der Waals surface area contributed by atoms with Gasteiger partial charge in [0.2, 0.25) is 0 Å². The topological polar surface area (TPSA) is 105 Å². The van der Waals surface area contributed by atoms with E-state index in [0.29, 0.717) is 30.5 Å². The van der Waals surface area contributed by atoms with Crippen LogP contribution in [0.15, 0.2) is 0 Å². The molecule has 0 saturated carbocycles. The predicted molar refractivity (Wildman–Crippen MR) is 46.7 cm³/mol. The van der Waals surface area contributed by atoms with E-state index in [1.165, 1.54) is 11.8 Å². The van der Waals surface area contributed by atoms with Gasteiger partial charge >= 0.3 is 0 Å². The second kappa shape index (κ2) is 3.31. The van der Waals surface area contributed by atoms with Gasteiger partial charge in [-0.05, 0) is 0 Å². The number of nitrogens with two attached hydrogens (primary N) is 3. The van der Waals surface area contributed by atoms with Gasteiger partial charge in [0.25, 0.3) is 5.88 Å². The Labute approximate surface area is 70.3 Å². The summed E-state index contributed by atoms with van der Waals surface area (Å²) in [4.78, 5) is 0. The minimum absolute atomic E-state index is 0.348. The third-order valence-electron chi connectivity index (χ3n) is 1.53. The number of aromatic nitrogens is 2. The van der Waals surface area contributed by atoms with Crippen molar-refractivity contribution in [1.82, 2.24) is 9.78 Å². The Morgan fingerprint density at radius 1 is 1.50 bits per heavy atom. The third-order valence-corrected chi connectivity index (χ3v) is 1.53. The van der Waals surface area contributed by atoms with Crippen LogP contribution in [-0.4, -0.2) is 23.4 Å². The highest BCUT2D eigenvalue weighted by molar-refractivity contribution is 5.65. The van der Waals surface area contributed by atoms with Gasteiger partial charge in [0.05, 0.1) is 13.7 Å². The van der Waals surface area contributed by atoms with Gasteiger partial charge in [-0.3, -0.25) is 0 Å². The van der Waals surface area contributed by atoms with Crippen LogP contribution in [0, 0.1) is 0 Å². The monoisotopic (exact) mass is 171 g/mol. The molecule has 1 aromatic rings. The van der Waals surface area contributed by atoms with Gasteiger partial charge in [-0.1, -0.05) is 0 Å². The van der Waals surface area contributed by atoms with Gasteiger partial charge in [0, 0.05) is 6.54 Å². The van der Waals surface area contributed by atoms with E-state index in [9.17, 15) is 0 Å². The molecule has 0 aliphatic rings. The largest absolute Gasteiger partial charge is 0.478 e. The molecule has 1 heterocycles. The Bertz CT molecular complexity index is 269. The zero-order chi connectivity index (χ0) is 9.14. The van der Waals surface area contributed by atoms with Crippen LogP contribution in [0.5, 0.6) is 5.88 Å². The van der Waals surface area contributed by atoms with Crippen molar-refractivity contribution in [3.8, 4) is 5.88 Å². The molecule has 0 aliphatic carbocycles. The van der Waals surface area contributed by atoms with Crippen LogP contribution in [0.25, 0.3) is 0 Å². The second-order valence-corrected chi connectivity index (χ2v) is 2.32. The molecular formula is C6H13N5O. The van der Waals surface area contributed by atoms with Crippen molar-refractivity contribution < 1.29 is 4.74 Å². The lowest BCUT2D eigenvalue weighted by molar-refractivity contribution is 0.390. The third kappa shape index (κ3) is 1.28. The normalized spacial score (nSPS) is 10.2. The van der Waals surface area contributed by atoms with Crippen molar-refractivity contribution in [1.29, 1.82) is 0 Å². The first-order valence-corrected chi connectivity index (χ1v) is 3.56. The lowest BCUT2D eigenvalue weighted by Gasteiger charge is -1.98. The molecule has 0 aromatic carbocycles. The van der Waals surface area contributed by atoms with Crippen molar-refractivity contribution >= 4 is 11.5 Å². The van der Waals surface area contributed by atoms with Crippen LogP contribution in [0.4, 0.5) is 11.5 Å². The van der Waals surface area contributed by atoms with Crippen molar-refractivity contribution in [2.45, 2.75) is 6.54 Å². The maximum absolute atomic E-state index is 5.60. The molecule has 12 heavy (non-hydrogen) atoms. The Morgan fingerprint density at radius 3 is 2.58 bits per heavy atom. The molecule has 1 aromatic heterocycles. The summed E-state index contributed by atoms with van der Waals surface area (Å²) < 4.78 is 6.40. The molecule has 0 fully saturated rings. The molecule has 0 aliphatic heterocycles. The number of nitrogen functional groups attached to an aromatic ring is 2. The molecular weight excluding hydrogens is 158 g/mol. The van der Waals surface area contributed by atoms with Crippen LogP contribution in [0.3, 0.4) is 0 Å². The lowest BCUT2D eigenvalue weighted by atomic mass is 10.5. The fraction of sp³-hybridized carbons (Fsp3) is 0.500. The van der Waals surface area contributed by atoms with Crippen molar-refractivity contribution in [2.75, 3.05) is 25.1 Å². The number of rotatable bonds is 3. The van der Waals surface area contributed by atoms with E-state index >= 15 is 0 Å². The maximum atomic E-state index is 5.60. The highest BCUT2D eigenvalue weighted by Crippen LogP contribution is 2.25. The summed E-state index contributed by atoms with van der Waals surface area (Å²) >= 11 is 0. The maximum Gasteiger partial charge on any atom is 0.258 e. The Morgan fingerprint density at radius 2 is 2.17 bits per heavy atom. The first kappa shape index (κ1) is 8.66. The Kier molecular flexibility index (Phi) is 2.39. The quantitative estimate of drug-likeness (QED) is 0.541. The van der Waals surface area contributed by atoms with E-state index in [0.717, 1.165) is 0 Å². The van der Waals surface area contributed by atoms with Gasteiger partial charge in [-0.15, -0.1) is 5.10 Å². The van der Waals surface area contributed by atoms with Gasteiger partial charge in [0.15, 0.2) is 0 Å². The number of methoxy groups -OCH3 is 1. The van der Waals surface area contributed by atoms with E-state index < -0.39 is 0 Å². The number of anilines is 2. The number of ether oxygens (including phenoxy) is 1. The lowest BCUT2D eigenvalue weighted by Crippen LogP contribution is -2.13. The Balaban J connectivity index is 2.98. The van der Waals surface area contributed by atoms with Crippen molar-refractivity contribution in [3.05, 3.63) is 0 Å². The summed E-state index contributed by atoms with van der Waals surface area (Å²) in [5.74, 6) is 0.748. The average molecular weight is 171 g/mol. The zero-order valence-corrected chi connectivity index (χ0v) is 6.95. The van der Waals surface area contributed by atoms with E-state index in [1.807, 2.05) is 0 Å². The second-order valence-electron chi connectivity index (χ2n) is 2.32. The van der Waals surface area contributed by atoms with E-state index in [2.05, 4.69) is 5.10 Å². The van der Waals surface area contributed by atoms with E-state index in [-0.39, 0.29) is 0 Å². The SMILES string of the molecule is COc1nn(CCN)c(N)c1N. The van der Waals surface area contributed by atoms with E-state index in [4.69, 9.17) is 21.9 Å². The minimum atomic E-state index is 0.348. The van der Waals surface area contributed by atoms with Gasteiger partial charge < -0.3 is 21.9 Å². The first-order chi connectivity index (χ1) is 5.70. The molecule has 0 unspecified atom stereocenters. The van der Waals surface area contributed by atoms with Crippen LogP contribution in [0.2, 0.25) is 0 Å².